The van der Waals surface area contributed by atoms with Crippen molar-refractivity contribution in [1.82, 2.24) is 9.55 Å². The van der Waals surface area contributed by atoms with Crippen molar-refractivity contribution in [3.63, 3.8) is 0 Å². The largest absolute Gasteiger partial charge is 0.324 e. The Hall–Kier alpha value is -3.10. The van der Waals surface area contributed by atoms with Crippen LogP contribution < -0.4 is 10.9 Å². The predicted octanol–water partition coefficient (Wildman–Crippen LogP) is 2.05. The number of anilines is 1. The van der Waals surface area contributed by atoms with Gasteiger partial charge < -0.3 is 5.32 Å². The lowest BCUT2D eigenvalue weighted by molar-refractivity contribution is -0.387. The van der Waals surface area contributed by atoms with Gasteiger partial charge in [0.25, 0.3) is 5.56 Å². The molecular weight excluding hydrogens is 319 g/mol. The fraction of sp³-hybridized carbons (Fsp3) is 0.267. The average Bonchev–Trinajstić information content (AvgIpc) is 2.50. The van der Waals surface area contributed by atoms with Gasteiger partial charge >= 0.3 is 5.69 Å². The minimum absolute atomic E-state index is 0.0629. The Balaban J connectivity index is 2.13. The van der Waals surface area contributed by atoms with Crippen molar-refractivity contribution in [2.45, 2.75) is 26.3 Å². The number of benzene rings is 1. The number of nitro groups is 1. The molecule has 126 valence electrons. The van der Waals surface area contributed by atoms with Crippen LogP contribution in [-0.2, 0) is 11.3 Å². The molecule has 0 aliphatic rings. The SMILES string of the molecule is CC(C)c1cc(=O)n(CC(=O)Nc2ccc(F)c([N+](=O)[O-])c2)cn1. The molecular formula is C15H15FN4O4. The van der Waals surface area contributed by atoms with E-state index in [-0.39, 0.29) is 23.7 Å². The molecule has 0 atom stereocenters. The van der Waals surface area contributed by atoms with Gasteiger partial charge in [-0.25, -0.2) is 4.98 Å². The highest BCUT2D eigenvalue weighted by molar-refractivity contribution is 5.90. The molecule has 1 aromatic carbocycles. The van der Waals surface area contributed by atoms with Crippen LogP contribution in [0.2, 0.25) is 0 Å². The molecule has 2 rings (SSSR count). The molecule has 0 unspecified atom stereocenters. The summed E-state index contributed by atoms with van der Waals surface area (Å²) in [4.78, 5) is 37.8. The van der Waals surface area contributed by atoms with Crippen molar-refractivity contribution in [3.8, 4) is 0 Å². The normalized spacial score (nSPS) is 10.7. The van der Waals surface area contributed by atoms with Gasteiger partial charge in [0.05, 0.1) is 16.9 Å². The number of nitrogens with one attached hydrogen (secondary N) is 1. The van der Waals surface area contributed by atoms with E-state index in [9.17, 15) is 24.1 Å². The molecule has 0 radical (unpaired) electrons. The van der Waals surface area contributed by atoms with Crippen molar-refractivity contribution in [2.24, 2.45) is 0 Å². The average molecular weight is 334 g/mol. The third-order valence-corrected chi connectivity index (χ3v) is 3.23. The Morgan fingerprint density at radius 3 is 2.71 bits per heavy atom. The second-order valence-electron chi connectivity index (χ2n) is 5.41. The van der Waals surface area contributed by atoms with E-state index in [1.54, 1.807) is 0 Å². The van der Waals surface area contributed by atoms with Crippen LogP contribution in [0.1, 0.15) is 25.5 Å². The van der Waals surface area contributed by atoms with E-state index in [4.69, 9.17) is 0 Å². The molecule has 8 nitrogen and oxygen atoms in total. The molecule has 0 saturated heterocycles. The van der Waals surface area contributed by atoms with Crippen LogP contribution in [-0.4, -0.2) is 20.4 Å². The number of nitro benzene ring substituents is 1. The molecule has 1 aromatic heterocycles. The number of amides is 1. The van der Waals surface area contributed by atoms with Crippen molar-refractivity contribution in [3.05, 3.63) is 62.6 Å². The Morgan fingerprint density at radius 2 is 2.12 bits per heavy atom. The van der Waals surface area contributed by atoms with E-state index < -0.39 is 22.3 Å². The maximum Gasteiger partial charge on any atom is 0.306 e. The van der Waals surface area contributed by atoms with E-state index >= 15 is 0 Å². The Morgan fingerprint density at radius 1 is 1.42 bits per heavy atom. The van der Waals surface area contributed by atoms with Gasteiger partial charge in [0.2, 0.25) is 11.7 Å². The topological polar surface area (TPSA) is 107 Å². The summed E-state index contributed by atoms with van der Waals surface area (Å²) in [6.45, 7) is 3.47. The number of halogens is 1. The van der Waals surface area contributed by atoms with E-state index in [2.05, 4.69) is 10.3 Å². The van der Waals surface area contributed by atoms with Crippen molar-refractivity contribution >= 4 is 17.3 Å². The maximum atomic E-state index is 13.3. The molecule has 2 aromatic rings. The maximum absolute atomic E-state index is 13.3. The van der Waals surface area contributed by atoms with Gasteiger partial charge in [0.15, 0.2) is 0 Å². The zero-order valence-corrected chi connectivity index (χ0v) is 13.0. The first-order chi connectivity index (χ1) is 11.3. The summed E-state index contributed by atoms with van der Waals surface area (Å²) in [5.41, 5.74) is -0.444. The standard InChI is InChI=1S/C15H15FN4O4/c1-9(2)12-6-15(22)19(8-17-12)7-14(21)18-10-3-4-11(16)13(5-10)20(23)24/h3-6,8-9H,7H2,1-2H3,(H,18,21). The number of hydrogen-bond donors (Lipinski definition) is 1. The first-order valence-corrected chi connectivity index (χ1v) is 7.08. The summed E-state index contributed by atoms with van der Waals surface area (Å²) in [7, 11) is 0. The lowest BCUT2D eigenvalue weighted by Gasteiger charge is -2.09. The molecule has 1 heterocycles. The highest BCUT2D eigenvalue weighted by Gasteiger charge is 2.15. The molecule has 0 aliphatic carbocycles. The fourth-order valence-electron chi connectivity index (χ4n) is 1.96. The predicted molar refractivity (Wildman–Crippen MR) is 84.3 cm³/mol. The van der Waals surface area contributed by atoms with E-state index in [1.165, 1.54) is 18.5 Å². The van der Waals surface area contributed by atoms with Crippen LogP contribution in [0.25, 0.3) is 0 Å². The fourth-order valence-corrected chi connectivity index (χ4v) is 1.96. The van der Waals surface area contributed by atoms with Crippen molar-refractivity contribution in [2.75, 3.05) is 5.32 Å². The van der Waals surface area contributed by atoms with Gasteiger partial charge in [-0.1, -0.05) is 13.8 Å². The van der Waals surface area contributed by atoms with E-state index in [1.807, 2.05) is 13.8 Å². The molecule has 1 amide bonds. The van der Waals surface area contributed by atoms with Gasteiger partial charge in [-0.3, -0.25) is 24.3 Å². The second kappa shape index (κ2) is 6.99. The second-order valence-corrected chi connectivity index (χ2v) is 5.41. The Labute approximate surface area is 136 Å². The molecule has 0 saturated carbocycles. The molecule has 0 spiro atoms. The Bertz CT molecular complexity index is 848. The third-order valence-electron chi connectivity index (χ3n) is 3.23. The summed E-state index contributed by atoms with van der Waals surface area (Å²) >= 11 is 0. The lowest BCUT2D eigenvalue weighted by atomic mass is 10.1. The monoisotopic (exact) mass is 334 g/mol. The number of carbonyl (C=O) groups excluding carboxylic acids is 1. The molecule has 24 heavy (non-hydrogen) atoms. The number of nitrogens with zero attached hydrogens (tertiary/aromatic N) is 3. The van der Waals surface area contributed by atoms with Gasteiger partial charge in [-0.05, 0) is 18.1 Å². The minimum Gasteiger partial charge on any atom is -0.324 e. The number of aromatic nitrogens is 2. The van der Waals surface area contributed by atoms with Gasteiger partial charge in [0.1, 0.15) is 6.54 Å². The van der Waals surface area contributed by atoms with Crippen LogP contribution in [0.15, 0.2) is 35.4 Å². The zero-order valence-electron chi connectivity index (χ0n) is 13.0. The van der Waals surface area contributed by atoms with E-state index in [0.717, 1.165) is 16.7 Å². The lowest BCUT2D eigenvalue weighted by Crippen LogP contribution is -2.28. The molecule has 0 aliphatic heterocycles. The molecule has 1 N–H and O–H groups in total. The molecule has 0 bridgehead atoms. The van der Waals surface area contributed by atoms with Crippen molar-refractivity contribution < 1.29 is 14.1 Å². The first kappa shape index (κ1) is 17.3. The quantitative estimate of drug-likeness (QED) is 0.665. The first-order valence-electron chi connectivity index (χ1n) is 7.08. The van der Waals surface area contributed by atoms with Gasteiger partial charge in [0, 0.05) is 17.8 Å². The zero-order chi connectivity index (χ0) is 17.9. The smallest absolute Gasteiger partial charge is 0.306 e. The van der Waals surface area contributed by atoms with Gasteiger partial charge in [-0.15, -0.1) is 0 Å². The summed E-state index contributed by atoms with van der Waals surface area (Å²) in [6.07, 6.45) is 1.27. The number of carbonyl (C=O) groups is 1. The van der Waals surface area contributed by atoms with Crippen LogP contribution in [0.4, 0.5) is 15.8 Å². The highest BCUT2D eigenvalue weighted by atomic mass is 19.1. The summed E-state index contributed by atoms with van der Waals surface area (Å²) < 4.78 is 14.4. The Kier molecular flexibility index (Phi) is 5.02. The number of hydrogen-bond acceptors (Lipinski definition) is 5. The van der Waals surface area contributed by atoms with Crippen LogP contribution in [0.5, 0.6) is 0 Å². The van der Waals surface area contributed by atoms with Crippen LogP contribution >= 0.6 is 0 Å². The summed E-state index contributed by atoms with van der Waals surface area (Å²) in [5.74, 6) is -1.50. The molecule has 9 heteroatoms. The highest BCUT2D eigenvalue weighted by Crippen LogP contribution is 2.21. The molecule has 0 fully saturated rings. The minimum atomic E-state index is -0.998. The summed E-state index contributed by atoms with van der Waals surface area (Å²) in [6, 6.07) is 4.35. The van der Waals surface area contributed by atoms with Crippen LogP contribution in [0, 0.1) is 15.9 Å². The van der Waals surface area contributed by atoms with Crippen molar-refractivity contribution in [1.29, 1.82) is 0 Å². The van der Waals surface area contributed by atoms with E-state index in [0.29, 0.717) is 5.69 Å². The summed E-state index contributed by atoms with van der Waals surface area (Å²) in [5, 5.41) is 13.1. The van der Waals surface area contributed by atoms with Crippen LogP contribution in [0.3, 0.4) is 0 Å². The third kappa shape index (κ3) is 4.00. The number of rotatable bonds is 5. The van der Waals surface area contributed by atoms with Gasteiger partial charge in [-0.2, -0.15) is 4.39 Å².